The Labute approximate surface area is 80.4 Å². The molecule has 1 aromatic heterocycles. The molecule has 1 aromatic rings. The number of hydrogen-bond acceptors (Lipinski definition) is 2. The molecule has 0 fully saturated rings. The first kappa shape index (κ1) is 10.2. The Morgan fingerprint density at radius 3 is 2.46 bits per heavy atom. The van der Waals surface area contributed by atoms with Crippen LogP contribution in [0.25, 0.3) is 0 Å². The maximum atomic E-state index is 4.24. The van der Waals surface area contributed by atoms with Gasteiger partial charge in [0.1, 0.15) is 5.82 Å². The second kappa shape index (κ2) is 4.35. The molecule has 1 rings (SSSR count). The summed E-state index contributed by atoms with van der Waals surface area (Å²) in [6, 6.07) is 2.84. The minimum Gasteiger partial charge on any atom is -0.240 e. The molecule has 13 heavy (non-hydrogen) atoms. The molecule has 1 radical (unpaired) electrons. The Hall–Kier alpha value is -0.920. The third-order valence-electron chi connectivity index (χ3n) is 2.28. The maximum Gasteiger partial charge on any atom is 0.133 e. The summed E-state index contributed by atoms with van der Waals surface area (Å²) in [5.74, 6) is 0.930. The first-order valence-corrected chi connectivity index (χ1v) is 4.85. The van der Waals surface area contributed by atoms with Gasteiger partial charge in [-0.2, -0.15) is 0 Å². The normalized spacial score (nSPS) is 11.6. The number of hydrogen-bond donors (Lipinski definition) is 0. The Kier molecular flexibility index (Phi) is 3.40. The number of nitrogens with zero attached hydrogens (tertiary/aromatic N) is 2. The van der Waals surface area contributed by atoms with Gasteiger partial charge in [-0.1, -0.05) is 33.6 Å². The standard InChI is InChI=1S/C11H17N2/c1-4-5-7-11(2,3)10-12-8-6-9-13-10/h8-9H,4-5,7H2,1-3H3. The number of unbranched alkanes of at least 4 members (excludes halogenated alkanes) is 1. The van der Waals surface area contributed by atoms with Gasteiger partial charge in [0.2, 0.25) is 0 Å². The van der Waals surface area contributed by atoms with Gasteiger partial charge in [-0.3, -0.25) is 0 Å². The molecule has 0 amide bonds. The van der Waals surface area contributed by atoms with E-state index < -0.39 is 0 Å². The summed E-state index contributed by atoms with van der Waals surface area (Å²) in [6.45, 7) is 6.59. The molecule has 0 spiro atoms. The fourth-order valence-electron chi connectivity index (χ4n) is 1.34. The van der Waals surface area contributed by atoms with Crippen LogP contribution in [0.4, 0.5) is 0 Å². The summed E-state index contributed by atoms with van der Waals surface area (Å²) in [4.78, 5) is 8.47. The summed E-state index contributed by atoms with van der Waals surface area (Å²) < 4.78 is 0. The lowest BCUT2D eigenvalue weighted by Crippen LogP contribution is -2.20. The molecule has 0 unspecified atom stereocenters. The van der Waals surface area contributed by atoms with Crippen LogP contribution < -0.4 is 0 Å². The number of aromatic nitrogens is 2. The quantitative estimate of drug-likeness (QED) is 0.706. The Balaban J connectivity index is 2.69. The predicted molar refractivity (Wildman–Crippen MR) is 53.4 cm³/mol. The van der Waals surface area contributed by atoms with Gasteiger partial charge < -0.3 is 0 Å². The lowest BCUT2D eigenvalue weighted by atomic mass is 9.86. The predicted octanol–water partition coefficient (Wildman–Crippen LogP) is 2.74. The smallest absolute Gasteiger partial charge is 0.133 e. The summed E-state index contributed by atoms with van der Waals surface area (Å²) in [6.07, 6.45) is 6.98. The maximum absolute atomic E-state index is 4.24. The van der Waals surface area contributed by atoms with Crippen LogP contribution in [0.2, 0.25) is 0 Å². The molecule has 2 heteroatoms. The Morgan fingerprint density at radius 2 is 1.92 bits per heavy atom. The molecule has 0 aliphatic rings. The van der Waals surface area contributed by atoms with Gasteiger partial charge in [-0.15, -0.1) is 0 Å². The van der Waals surface area contributed by atoms with Crippen molar-refractivity contribution in [3.05, 3.63) is 24.3 Å². The average molecular weight is 177 g/mol. The van der Waals surface area contributed by atoms with Crippen molar-refractivity contribution in [1.82, 2.24) is 9.97 Å². The highest BCUT2D eigenvalue weighted by atomic mass is 14.9. The largest absolute Gasteiger partial charge is 0.240 e. The van der Waals surface area contributed by atoms with Crippen molar-refractivity contribution in [3.63, 3.8) is 0 Å². The SMILES string of the molecule is CCCCC(C)(C)c1nc[c]cn1. The fraction of sp³-hybridized carbons (Fsp3) is 0.636. The van der Waals surface area contributed by atoms with Gasteiger partial charge in [0.25, 0.3) is 0 Å². The molecule has 0 saturated carbocycles. The third-order valence-corrected chi connectivity index (χ3v) is 2.28. The molecule has 0 atom stereocenters. The van der Waals surface area contributed by atoms with Crippen LogP contribution in [-0.2, 0) is 5.41 Å². The van der Waals surface area contributed by atoms with E-state index >= 15 is 0 Å². The average Bonchev–Trinajstić information content (AvgIpc) is 2.16. The lowest BCUT2D eigenvalue weighted by Gasteiger charge is -2.21. The number of rotatable bonds is 4. The summed E-state index contributed by atoms with van der Waals surface area (Å²) in [7, 11) is 0. The van der Waals surface area contributed by atoms with Gasteiger partial charge in [0, 0.05) is 23.9 Å². The molecule has 0 saturated heterocycles. The fourth-order valence-corrected chi connectivity index (χ4v) is 1.34. The van der Waals surface area contributed by atoms with Crippen molar-refractivity contribution >= 4 is 0 Å². The zero-order valence-corrected chi connectivity index (χ0v) is 8.67. The molecule has 0 bridgehead atoms. The van der Waals surface area contributed by atoms with Gasteiger partial charge in [-0.25, -0.2) is 9.97 Å². The highest BCUT2D eigenvalue weighted by Crippen LogP contribution is 2.25. The lowest BCUT2D eigenvalue weighted by molar-refractivity contribution is 0.431. The molecule has 1 heterocycles. The van der Waals surface area contributed by atoms with E-state index in [1.807, 2.05) is 0 Å². The van der Waals surface area contributed by atoms with Crippen LogP contribution in [0.15, 0.2) is 12.4 Å². The van der Waals surface area contributed by atoms with Crippen molar-refractivity contribution in [2.45, 2.75) is 45.4 Å². The van der Waals surface area contributed by atoms with Crippen molar-refractivity contribution in [2.24, 2.45) is 0 Å². The molecule has 0 N–H and O–H groups in total. The zero-order chi connectivity index (χ0) is 9.73. The van der Waals surface area contributed by atoms with Crippen LogP contribution >= 0.6 is 0 Å². The minimum absolute atomic E-state index is 0.102. The van der Waals surface area contributed by atoms with Crippen molar-refractivity contribution in [3.8, 4) is 0 Å². The summed E-state index contributed by atoms with van der Waals surface area (Å²) in [5, 5.41) is 0. The van der Waals surface area contributed by atoms with E-state index in [2.05, 4.69) is 36.8 Å². The van der Waals surface area contributed by atoms with Gasteiger partial charge in [-0.05, 0) is 6.42 Å². The van der Waals surface area contributed by atoms with Gasteiger partial charge in [0.05, 0.1) is 0 Å². The zero-order valence-electron chi connectivity index (χ0n) is 8.67. The van der Waals surface area contributed by atoms with E-state index in [0.717, 1.165) is 12.2 Å². The second-order valence-electron chi connectivity index (χ2n) is 3.99. The highest BCUT2D eigenvalue weighted by Gasteiger charge is 2.22. The van der Waals surface area contributed by atoms with Crippen molar-refractivity contribution in [1.29, 1.82) is 0 Å². The van der Waals surface area contributed by atoms with Crippen LogP contribution in [0.3, 0.4) is 0 Å². The molecule has 2 nitrogen and oxygen atoms in total. The summed E-state index contributed by atoms with van der Waals surface area (Å²) in [5.41, 5.74) is 0.102. The molecular formula is C11H17N2. The van der Waals surface area contributed by atoms with Crippen LogP contribution in [0, 0.1) is 6.07 Å². The van der Waals surface area contributed by atoms with E-state index in [-0.39, 0.29) is 5.41 Å². The molecule has 0 aliphatic heterocycles. The monoisotopic (exact) mass is 177 g/mol. The molecule has 0 aliphatic carbocycles. The van der Waals surface area contributed by atoms with E-state index in [4.69, 9.17) is 0 Å². The summed E-state index contributed by atoms with van der Waals surface area (Å²) >= 11 is 0. The van der Waals surface area contributed by atoms with E-state index in [9.17, 15) is 0 Å². The van der Waals surface area contributed by atoms with E-state index in [0.29, 0.717) is 0 Å². The highest BCUT2D eigenvalue weighted by molar-refractivity contribution is 5.02. The molecule has 71 valence electrons. The van der Waals surface area contributed by atoms with Crippen LogP contribution in [0.5, 0.6) is 0 Å². The molecular weight excluding hydrogens is 160 g/mol. The van der Waals surface area contributed by atoms with Crippen LogP contribution in [-0.4, -0.2) is 9.97 Å². The Morgan fingerprint density at radius 1 is 1.31 bits per heavy atom. The Bertz CT molecular complexity index is 242. The minimum atomic E-state index is 0.102. The van der Waals surface area contributed by atoms with Crippen LogP contribution in [0.1, 0.15) is 45.9 Å². The second-order valence-corrected chi connectivity index (χ2v) is 3.99. The van der Waals surface area contributed by atoms with Crippen molar-refractivity contribution in [2.75, 3.05) is 0 Å². The topological polar surface area (TPSA) is 25.8 Å². The molecule has 0 aromatic carbocycles. The van der Waals surface area contributed by atoms with Gasteiger partial charge in [0.15, 0.2) is 0 Å². The third kappa shape index (κ3) is 2.79. The first-order valence-electron chi connectivity index (χ1n) is 4.85. The first-order chi connectivity index (χ1) is 6.17. The van der Waals surface area contributed by atoms with Gasteiger partial charge >= 0.3 is 0 Å². The van der Waals surface area contributed by atoms with E-state index in [1.54, 1.807) is 12.4 Å². The van der Waals surface area contributed by atoms with Crippen molar-refractivity contribution < 1.29 is 0 Å². The van der Waals surface area contributed by atoms with E-state index in [1.165, 1.54) is 12.8 Å².